The van der Waals surface area contributed by atoms with Crippen molar-refractivity contribution in [2.24, 2.45) is 17.8 Å². The topological polar surface area (TPSA) is 35.6 Å². The van der Waals surface area contributed by atoms with Gasteiger partial charge in [-0.1, -0.05) is 18.6 Å². The van der Waals surface area contributed by atoms with Crippen LogP contribution < -0.4 is 10.2 Å². The predicted octanol–water partition coefficient (Wildman–Crippen LogP) is 2.67. The van der Waals surface area contributed by atoms with Gasteiger partial charge in [0.15, 0.2) is 0 Å². The second-order valence-electron chi connectivity index (χ2n) is 8.24. The van der Waals surface area contributed by atoms with E-state index >= 15 is 0 Å². The van der Waals surface area contributed by atoms with Crippen LogP contribution in [-0.4, -0.2) is 50.1 Å². The zero-order chi connectivity index (χ0) is 17.2. The zero-order valence-corrected chi connectivity index (χ0v) is 15.4. The van der Waals surface area contributed by atoms with Gasteiger partial charge >= 0.3 is 0 Å². The van der Waals surface area contributed by atoms with Crippen LogP contribution in [0.25, 0.3) is 0 Å². The summed E-state index contributed by atoms with van der Waals surface area (Å²) < 4.78 is 0. The van der Waals surface area contributed by atoms with Crippen LogP contribution in [0.15, 0.2) is 24.3 Å². The van der Waals surface area contributed by atoms with E-state index in [9.17, 15) is 4.79 Å². The lowest BCUT2D eigenvalue weighted by Gasteiger charge is -2.36. The van der Waals surface area contributed by atoms with Gasteiger partial charge in [-0.15, -0.1) is 0 Å². The number of hydrogen-bond donors (Lipinski definition) is 1. The van der Waals surface area contributed by atoms with E-state index in [-0.39, 0.29) is 0 Å². The summed E-state index contributed by atoms with van der Waals surface area (Å²) in [5.41, 5.74) is 2.66. The van der Waals surface area contributed by atoms with Gasteiger partial charge in [-0.25, -0.2) is 0 Å². The summed E-state index contributed by atoms with van der Waals surface area (Å²) in [5, 5.41) is 3.21. The Morgan fingerprint density at radius 1 is 1.16 bits per heavy atom. The number of carbonyl (C=O) groups excluding carboxylic acids is 1. The molecule has 1 amide bonds. The molecule has 0 radical (unpaired) electrons. The number of nitrogens with zero attached hydrogens (tertiary/aromatic N) is 2. The van der Waals surface area contributed by atoms with E-state index in [2.05, 4.69) is 46.3 Å². The monoisotopic (exact) mass is 341 g/mol. The Balaban J connectivity index is 1.17. The first kappa shape index (κ1) is 16.9. The van der Waals surface area contributed by atoms with Crippen molar-refractivity contribution in [1.82, 2.24) is 10.2 Å². The van der Waals surface area contributed by atoms with E-state index < -0.39 is 0 Å². The van der Waals surface area contributed by atoms with E-state index in [1.54, 1.807) is 0 Å². The molecule has 1 aliphatic heterocycles. The Kier molecular flexibility index (Phi) is 4.98. The SMILES string of the molecule is Cc1cccc(N2CCN(CCNC(=O)C3CC4CCC3C4)CC2)c1. The van der Waals surface area contributed by atoms with Crippen LogP contribution in [0.3, 0.4) is 0 Å². The van der Waals surface area contributed by atoms with Crippen LogP contribution in [0.5, 0.6) is 0 Å². The lowest BCUT2D eigenvalue weighted by atomic mass is 9.88. The second-order valence-corrected chi connectivity index (χ2v) is 8.24. The Hall–Kier alpha value is -1.55. The van der Waals surface area contributed by atoms with Crippen LogP contribution >= 0.6 is 0 Å². The molecule has 3 fully saturated rings. The number of piperazine rings is 1. The van der Waals surface area contributed by atoms with Crippen LogP contribution in [0.4, 0.5) is 5.69 Å². The van der Waals surface area contributed by atoms with Crippen molar-refractivity contribution in [2.75, 3.05) is 44.2 Å². The van der Waals surface area contributed by atoms with Crippen molar-refractivity contribution >= 4 is 11.6 Å². The second kappa shape index (κ2) is 7.36. The highest BCUT2D eigenvalue weighted by molar-refractivity contribution is 5.79. The third-order valence-corrected chi connectivity index (χ3v) is 6.54. The molecule has 2 bridgehead atoms. The van der Waals surface area contributed by atoms with Gasteiger partial charge in [0.25, 0.3) is 0 Å². The molecule has 25 heavy (non-hydrogen) atoms. The minimum atomic E-state index is 0.317. The zero-order valence-electron chi connectivity index (χ0n) is 15.4. The largest absolute Gasteiger partial charge is 0.369 e. The van der Waals surface area contributed by atoms with E-state index in [1.807, 2.05) is 0 Å². The highest BCUT2D eigenvalue weighted by Gasteiger charge is 2.42. The third-order valence-electron chi connectivity index (χ3n) is 6.54. The normalized spacial score (nSPS) is 29.2. The molecule has 0 spiro atoms. The molecule has 1 N–H and O–H groups in total. The van der Waals surface area contributed by atoms with Gasteiger partial charge in [-0.2, -0.15) is 0 Å². The maximum absolute atomic E-state index is 12.4. The average molecular weight is 341 g/mol. The molecule has 3 aliphatic rings. The summed E-state index contributed by atoms with van der Waals surface area (Å²) in [6.07, 6.45) is 5.09. The number of nitrogens with one attached hydrogen (secondary N) is 1. The summed E-state index contributed by atoms with van der Waals surface area (Å²) in [7, 11) is 0. The van der Waals surface area contributed by atoms with Crippen LogP contribution in [0.1, 0.15) is 31.2 Å². The molecule has 4 rings (SSSR count). The summed E-state index contributed by atoms with van der Waals surface area (Å²) in [4.78, 5) is 17.4. The molecule has 1 aromatic rings. The lowest BCUT2D eigenvalue weighted by molar-refractivity contribution is -0.126. The molecule has 4 heteroatoms. The van der Waals surface area contributed by atoms with Gasteiger partial charge < -0.3 is 10.2 Å². The number of fused-ring (bicyclic) bond motifs is 2. The minimum absolute atomic E-state index is 0.317. The number of amides is 1. The molecule has 3 atom stereocenters. The van der Waals surface area contributed by atoms with Crippen LogP contribution in [0, 0.1) is 24.7 Å². The highest BCUT2D eigenvalue weighted by atomic mass is 16.1. The van der Waals surface area contributed by atoms with Gasteiger partial charge in [0.2, 0.25) is 5.91 Å². The quantitative estimate of drug-likeness (QED) is 0.894. The molecule has 136 valence electrons. The number of benzene rings is 1. The van der Waals surface area contributed by atoms with Gasteiger partial charge in [0, 0.05) is 50.9 Å². The summed E-state index contributed by atoms with van der Waals surface area (Å²) >= 11 is 0. The summed E-state index contributed by atoms with van der Waals surface area (Å²) in [5.74, 6) is 2.17. The van der Waals surface area contributed by atoms with Crippen molar-refractivity contribution in [2.45, 2.75) is 32.6 Å². The smallest absolute Gasteiger partial charge is 0.223 e. The van der Waals surface area contributed by atoms with E-state index in [0.29, 0.717) is 17.7 Å². The van der Waals surface area contributed by atoms with E-state index in [0.717, 1.165) is 51.6 Å². The Bertz CT molecular complexity index is 609. The number of carbonyl (C=O) groups is 1. The molecule has 2 aliphatic carbocycles. The number of aryl methyl sites for hydroxylation is 1. The van der Waals surface area contributed by atoms with E-state index in [1.165, 1.54) is 30.5 Å². The summed E-state index contributed by atoms with van der Waals surface area (Å²) in [6, 6.07) is 8.77. The number of anilines is 1. The average Bonchev–Trinajstić information content (AvgIpc) is 3.26. The van der Waals surface area contributed by atoms with Gasteiger partial charge in [0.05, 0.1) is 0 Å². The molecule has 2 saturated carbocycles. The predicted molar refractivity (Wildman–Crippen MR) is 102 cm³/mol. The molecule has 0 aromatic heterocycles. The van der Waals surface area contributed by atoms with Gasteiger partial charge in [0.1, 0.15) is 0 Å². The first-order valence-corrected chi connectivity index (χ1v) is 10.0. The Morgan fingerprint density at radius 3 is 2.68 bits per heavy atom. The maximum Gasteiger partial charge on any atom is 0.223 e. The molecule has 4 nitrogen and oxygen atoms in total. The molecule has 1 saturated heterocycles. The van der Waals surface area contributed by atoms with Crippen molar-refractivity contribution in [3.8, 4) is 0 Å². The Labute approximate surface area is 151 Å². The van der Waals surface area contributed by atoms with Gasteiger partial charge in [-0.05, 0) is 55.7 Å². The standard InChI is InChI=1S/C21H31N3O/c1-16-3-2-4-19(13-16)24-11-9-23(10-12-24)8-7-22-21(25)20-15-17-5-6-18(20)14-17/h2-4,13,17-18,20H,5-12,14-15H2,1H3,(H,22,25). The highest BCUT2D eigenvalue weighted by Crippen LogP contribution is 2.48. The molecule has 1 heterocycles. The fourth-order valence-corrected chi connectivity index (χ4v) is 5.09. The first-order valence-electron chi connectivity index (χ1n) is 10.0. The van der Waals surface area contributed by atoms with E-state index in [4.69, 9.17) is 0 Å². The van der Waals surface area contributed by atoms with Crippen molar-refractivity contribution < 1.29 is 4.79 Å². The fourth-order valence-electron chi connectivity index (χ4n) is 5.09. The van der Waals surface area contributed by atoms with Crippen LogP contribution in [-0.2, 0) is 4.79 Å². The van der Waals surface area contributed by atoms with Crippen LogP contribution in [0.2, 0.25) is 0 Å². The molecular weight excluding hydrogens is 310 g/mol. The third kappa shape index (κ3) is 3.84. The van der Waals surface area contributed by atoms with Crippen molar-refractivity contribution in [3.63, 3.8) is 0 Å². The summed E-state index contributed by atoms with van der Waals surface area (Å²) in [6.45, 7) is 8.24. The minimum Gasteiger partial charge on any atom is -0.369 e. The van der Waals surface area contributed by atoms with Crippen molar-refractivity contribution in [1.29, 1.82) is 0 Å². The molecule has 3 unspecified atom stereocenters. The fraction of sp³-hybridized carbons (Fsp3) is 0.667. The molecular formula is C21H31N3O. The molecule has 1 aromatic carbocycles. The number of hydrogen-bond acceptors (Lipinski definition) is 3. The number of rotatable bonds is 5. The first-order chi connectivity index (χ1) is 12.2. The maximum atomic E-state index is 12.4. The lowest BCUT2D eigenvalue weighted by Crippen LogP contribution is -2.49. The van der Waals surface area contributed by atoms with Gasteiger partial charge in [-0.3, -0.25) is 9.69 Å². The Morgan fingerprint density at radius 2 is 2.00 bits per heavy atom. The van der Waals surface area contributed by atoms with Crippen molar-refractivity contribution in [3.05, 3.63) is 29.8 Å².